The number of benzene rings is 2. The molecule has 28 heavy (non-hydrogen) atoms. The highest BCUT2D eigenvalue weighted by Crippen LogP contribution is 2.40. The van der Waals surface area contributed by atoms with Crippen molar-refractivity contribution < 1.29 is 22.3 Å². The van der Waals surface area contributed by atoms with Crippen LogP contribution in [0, 0.1) is 12.7 Å². The number of ether oxygens (including phenoxy) is 1. The smallest absolute Gasteiger partial charge is 0.218 e. The van der Waals surface area contributed by atoms with Crippen molar-refractivity contribution in [3.8, 4) is 5.75 Å². The van der Waals surface area contributed by atoms with Crippen molar-refractivity contribution in [3.05, 3.63) is 65.0 Å². The van der Waals surface area contributed by atoms with Gasteiger partial charge in [0.25, 0.3) is 0 Å². The molecular weight excluding hydrogens is 381 g/mol. The Morgan fingerprint density at radius 1 is 1.14 bits per heavy atom. The Morgan fingerprint density at radius 3 is 2.57 bits per heavy atom. The molecule has 0 amide bonds. The molecule has 4 rings (SSSR count). The Morgan fingerprint density at radius 2 is 1.86 bits per heavy atom. The van der Waals surface area contributed by atoms with E-state index in [9.17, 15) is 17.6 Å². The van der Waals surface area contributed by atoms with Crippen molar-refractivity contribution in [2.75, 3.05) is 13.1 Å². The third-order valence-electron chi connectivity index (χ3n) is 5.57. The third kappa shape index (κ3) is 3.56. The molecule has 7 heteroatoms. The van der Waals surface area contributed by atoms with Gasteiger partial charge in [0.2, 0.25) is 10.0 Å². The largest absolute Gasteiger partial charge is 0.486 e. The molecule has 1 fully saturated rings. The van der Waals surface area contributed by atoms with Crippen LogP contribution in [-0.2, 0) is 15.8 Å². The summed E-state index contributed by atoms with van der Waals surface area (Å²) < 4.78 is 46.9. The van der Waals surface area contributed by atoms with Gasteiger partial charge < -0.3 is 4.74 Å². The molecule has 2 aromatic rings. The van der Waals surface area contributed by atoms with Crippen molar-refractivity contribution in [3.63, 3.8) is 0 Å². The predicted octanol–water partition coefficient (Wildman–Crippen LogP) is 3.46. The number of hydrogen-bond acceptors (Lipinski definition) is 4. The van der Waals surface area contributed by atoms with E-state index in [1.807, 2.05) is 19.1 Å². The van der Waals surface area contributed by atoms with Crippen molar-refractivity contribution in [1.29, 1.82) is 0 Å². The number of fused-ring (bicyclic) bond motifs is 1. The second-order valence-electron chi connectivity index (χ2n) is 7.63. The van der Waals surface area contributed by atoms with Crippen LogP contribution in [0.5, 0.6) is 5.75 Å². The lowest BCUT2D eigenvalue weighted by Crippen LogP contribution is -2.52. The van der Waals surface area contributed by atoms with Gasteiger partial charge in [-0.1, -0.05) is 24.3 Å². The van der Waals surface area contributed by atoms with Gasteiger partial charge in [-0.25, -0.2) is 17.1 Å². The molecule has 2 aliphatic rings. The summed E-state index contributed by atoms with van der Waals surface area (Å²) in [5, 5.41) is 0. The lowest BCUT2D eigenvalue weighted by molar-refractivity contribution is 0.00586. The van der Waals surface area contributed by atoms with Gasteiger partial charge in [0.05, 0.1) is 17.7 Å². The van der Waals surface area contributed by atoms with Crippen LogP contribution in [0.1, 0.15) is 40.7 Å². The van der Waals surface area contributed by atoms with Gasteiger partial charge in [-0.2, -0.15) is 0 Å². The van der Waals surface area contributed by atoms with E-state index >= 15 is 0 Å². The quantitative estimate of drug-likeness (QED) is 0.787. The number of rotatable bonds is 3. The number of aryl methyl sites for hydroxylation is 1. The zero-order chi connectivity index (χ0) is 19.9. The van der Waals surface area contributed by atoms with E-state index < -0.39 is 21.4 Å². The van der Waals surface area contributed by atoms with Crippen molar-refractivity contribution in [1.82, 2.24) is 4.31 Å². The first kappa shape index (κ1) is 19.1. The summed E-state index contributed by atoms with van der Waals surface area (Å²) in [6.07, 6.45) is 1.12. The van der Waals surface area contributed by atoms with E-state index in [-0.39, 0.29) is 36.6 Å². The van der Waals surface area contributed by atoms with E-state index in [0.29, 0.717) is 24.2 Å². The van der Waals surface area contributed by atoms with Gasteiger partial charge in [0.15, 0.2) is 5.78 Å². The van der Waals surface area contributed by atoms with E-state index in [0.717, 1.165) is 5.56 Å². The maximum Gasteiger partial charge on any atom is 0.218 e. The fraction of sp³-hybridized carbons (Fsp3) is 0.381. The lowest BCUT2D eigenvalue weighted by atomic mass is 9.83. The minimum atomic E-state index is -3.64. The van der Waals surface area contributed by atoms with Gasteiger partial charge in [0, 0.05) is 31.5 Å². The first-order chi connectivity index (χ1) is 13.3. The number of piperidine rings is 1. The summed E-state index contributed by atoms with van der Waals surface area (Å²) in [5.74, 6) is -0.273. The standard InChI is InChI=1S/C21H22FNO4S/c1-15-6-7-17-19(24)13-21(27-20(17)12-15)8-10-23(11-9-21)28(25,26)14-16-4-2-3-5-18(16)22/h2-7,12H,8-11,13-14H2,1H3. The molecule has 0 aliphatic carbocycles. The molecule has 1 spiro atoms. The molecule has 148 valence electrons. The molecule has 0 saturated carbocycles. The molecule has 1 saturated heterocycles. The summed E-state index contributed by atoms with van der Waals surface area (Å²) in [5.41, 5.74) is 1.10. The van der Waals surface area contributed by atoms with Gasteiger partial charge in [-0.05, 0) is 30.7 Å². The van der Waals surface area contributed by atoms with Crippen LogP contribution in [0.2, 0.25) is 0 Å². The normalized spacial score (nSPS) is 19.3. The Bertz CT molecular complexity index is 1030. The summed E-state index contributed by atoms with van der Waals surface area (Å²) >= 11 is 0. The number of carbonyl (C=O) groups is 1. The zero-order valence-corrected chi connectivity index (χ0v) is 16.5. The van der Waals surface area contributed by atoms with Gasteiger partial charge in [0.1, 0.15) is 17.2 Å². The molecule has 0 unspecified atom stereocenters. The first-order valence-electron chi connectivity index (χ1n) is 9.32. The second-order valence-corrected chi connectivity index (χ2v) is 9.60. The monoisotopic (exact) mass is 403 g/mol. The van der Waals surface area contributed by atoms with Crippen molar-refractivity contribution in [2.24, 2.45) is 0 Å². The van der Waals surface area contributed by atoms with Crippen LogP contribution < -0.4 is 4.74 Å². The number of halogens is 1. The first-order valence-corrected chi connectivity index (χ1v) is 10.9. The zero-order valence-electron chi connectivity index (χ0n) is 15.7. The highest BCUT2D eigenvalue weighted by molar-refractivity contribution is 7.88. The highest BCUT2D eigenvalue weighted by Gasteiger charge is 2.44. The van der Waals surface area contributed by atoms with Gasteiger partial charge >= 0.3 is 0 Å². The van der Waals surface area contributed by atoms with Crippen LogP contribution in [0.4, 0.5) is 4.39 Å². The Hall–Kier alpha value is -2.25. The molecular formula is C21H22FNO4S. The number of carbonyl (C=O) groups excluding carboxylic acids is 1. The molecule has 2 heterocycles. The van der Waals surface area contributed by atoms with Crippen LogP contribution in [0.25, 0.3) is 0 Å². The molecule has 0 aromatic heterocycles. The minimum absolute atomic E-state index is 0.0314. The summed E-state index contributed by atoms with van der Waals surface area (Å²) in [6.45, 7) is 2.45. The van der Waals surface area contributed by atoms with E-state index in [1.54, 1.807) is 12.1 Å². The minimum Gasteiger partial charge on any atom is -0.486 e. The average molecular weight is 403 g/mol. The lowest BCUT2D eigenvalue weighted by Gasteiger charge is -2.43. The highest BCUT2D eigenvalue weighted by atomic mass is 32.2. The molecule has 0 N–H and O–H groups in total. The molecule has 5 nitrogen and oxygen atoms in total. The van der Waals surface area contributed by atoms with Crippen molar-refractivity contribution >= 4 is 15.8 Å². The van der Waals surface area contributed by atoms with Crippen LogP contribution in [0.15, 0.2) is 42.5 Å². The fourth-order valence-electron chi connectivity index (χ4n) is 3.96. The topological polar surface area (TPSA) is 63.7 Å². The summed E-state index contributed by atoms with van der Waals surface area (Å²) in [4.78, 5) is 12.6. The number of hydrogen-bond donors (Lipinski definition) is 0. The summed E-state index contributed by atoms with van der Waals surface area (Å²) in [6, 6.07) is 11.4. The Balaban J connectivity index is 1.49. The number of Topliss-reactive ketones (excluding diaryl/α,β-unsaturated/α-hetero) is 1. The van der Waals surface area contributed by atoms with E-state index in [4.69, 9.17) is 4.74 Å². The predicted molar refractivity (Wildman–Crippen MR) is 103 cm³/mol. The number of sulfonamides is 1. The van der Waals surface area contributed by atoms with E-state index in [2.05, 4.69) is 0 Å². The van der Waals surface area contributed by atoms with Crippen molar-refractivity contribution in [2.45, 2.75) is 37.5 Å². The number of ketones is 1. The second kappa shape index (κ2) is 6.97. The number of nitrogens with zero attached hydrogens (tertiary/aromatic N) is 1. The molecule has 2 aliphatic heterocycles. The van der Waals surface area contributed by atoms with Crippen LogP contribution >= 0.6 is 0 Å². The molecule has 0 bridgehead atoms. The van der Waals surface area contributed by atoms with Crippen LogP contribution in [0.3, 0.4) is 0 Å². The SMILES string of the molecule is Cc1ccc2c(c1)OC1(CCN(S(=O)(=O)Cc3ccccc3F)CC1)CC2=O. The Labute approximate surface area is 164 Å². The maximum atomic E-state index is 13.8. The maximum absolute atomic E-state index is 13.8. The molecule has 0 radical (unpaired) electrons. The van der Waals surface area contributed by atoms with Gasteiger partial charge in [-0.15, -0.1) is 0 Å². The molecule has 0 atom stereocenters. The van der Waals surface area contributed by atoms with Crippen LogP contribution in [-0.4, -0.2) is 37.2 Å². The van der Waals surface area contributed by atoms with Gasteiger partial charge in [-0.3, -0.25) is 4.79 Å². The third-order valence-corrected chi connectivity index (χ3v) is 7.40. The molecule has 2 aromatic carbocycles. The fourth-order valence-corrected chi connectivity index (χ4v) is 5.50. The summed E-state index contributed by atoms with van der Waals surface area (Å²) in [7, 11) is -3.64. The average Bonchev–Trinajstić information content (AvgIpc) is 2.63. The van der Waals surface area contributed by atoms with E-state index in [1.165, 1.54) is 22.5 Å². The Kier molecular flexibility index (Phi) is 4.75.